The van der Waals surface area contributed by atoms with Gasteiger partial charge in [0.25, 0.3) is 0 Å². The van der Waals surface area contributed by atoms with Gasteiger partial charge in [-0.25, -0.2) is 13.1 Å². The van der Waals surface area contributed by atoms with Crippen LogP contribution >= 0.6 is 0 Å². The van der Waals surface area contributed by atoms with E-state index in [1.807, 2.05) is 30.3 Å². The van der Waals surface area contributed by atoms with Gasteiger partial charge in [0.2, 0.25) is 10.0 Å². The molecule has 22 heavy (non-hydrogen) atoms. The van der Waals surface area contributed by atoms with Crippen molar-refractivity contribution in [2.24, 2.45) is 5.41 Å². The predicted molar refractivity (Wildman–Crippen MR) is 81.7 cm³/mol. The molecule has 0 amide bonds. The smallest absolute Gasteiger partial charge is 0.243 e. The zero-order valence-electron chi connectivity index (χ0n) is 12.1. The molecule has 2 N–H and O–H groups in total. The van der Waals surface area contributed by atoms with Gasteiger partial charge in [0.05, 0.1) is 12.7 Å². The van der Waals surface area contributed by atoms with Crippen molar-refractivity contribution in [3.05, 3.63) is 48.3 Å². The third kappa shape index (κ3) is 3.37. The van der Waals surface area contributed by atoms with Gasteiger partial charge in [-0.1, -0.05) is 30.3 Å². The normalized spacial score (nSPS) is 16.6. The average Bonchev–Trinajstić information content (AvgIpc) is 3.16. The van der Waals surface area contributed by atoms with Crippen LogP contribution in [0.1, 0.15) is 18.4 Å². The minimum absolute atomic E-state index is 0.0167. The summed E-state index contributed by atoms with van der Waals surface area (Å²) in [5, 5.41) is 13.3. The molecule has 1 aromatic heterocycles. The topological polar surface area (TPSA) is 84.2 Å². The van der Waals surface area contributed by atoms with Crippen molar-refractivity contribution >= 4 is 10.0 Å². The molecule has 0 saturated heterocycles. The van der Waals surface area contributed by atoms with E-state index in [-0.39, 0.29) is 23.5 Å². The van der Waals surface area contributed by atoms with Crippen LogP contribution in [0.3, 0.4) is 0 Å². The van der Waals surface area contributed by atoms with E-state index in [1.54, 1.807) is 4.68 Å². The molecule has 6 nitrogen and oxygen atoms in total. The number of sulfonamides is 1. The van der Waals surface area contributed by atoms with Gasteiger partial charge in [0.1, 0.15) is 4.90 Å². The second-order valence-corrected chi connectivity index (χ2v) is 7.61. The fraction of sp³-hybridized carbons (Fsp3) is 0.400. The number of rotatable bonds is 7. The van der Waals surface area contributed by atoms with Crippen LogP contribution in [-0.2, 0) is 16.6 Å². The van der Waals surface area contributed by atoms with Crippen molar-refractivity contribution in [3.63, 3.8) is 0 Å². The van der Waals surface area contributed by atoms with Crippen LogP contribution in [-0.4, -0.2) is 36.5 Å². The third-order valence-electron chi connectivity index (χ3n) is 4.04. The summed E-state index contributed by atoms with van der Waals surface area (Å²) in [7, 11) is -3.58. The highest BCUT2D eigenvalue weighted by Gasteiger charge is 2.42. The first-order chi connectivity index (χ1) is 10.5. The summed E-state index contributed by atoms with van der Waals surface area (Å²) in [4.78, 5) is 0.150. The maximum Gasteiger partial charge on any atom is 0.243 e. The van der Waals surface area contributed by atoms with Gasteiger partial charge in [-0.2, -0.15) is 5.10 Å². The summed E-state index contributed by atoms with van der Waals surface area (Å²) in [6, 6.07) is 9.73. The Bertz CT molecular complexity index is 736. The zero-order valence-corrected chi connectivity index (χ0v) is 13.0. The molecule has 1 saturated carbocycles. The summed E-state index contributed by atoms with van der Waals surface area (Å²) < 4.78 is 28.6. The minimum Gasteiger partial charge on any atom is -0.396 e. The second kappa shape index (κ2) is 5.83. The third-order valence-corrected chi connectivity index (χ3v) is 5.39. The molecule has 0 atom stereocenters. The number of hydrogen-bond acceptors (Lipinski definition) is 4. The highest BCUT2D eigenvalue weighted by molar-refractivity contribution is 7.89. The maximum atomic E-state index is 12.2. The van der Waals surface area contributed by atoms with Crippen molar-refractivity contribution < 1.29 is 13.5 Å². The molecule has 3 rings (SSSR count). The van der Waals surface area contributed by atoms with E-state index < -0.39 is 10.0 Å². The fourth-order valence-corrected chi connectivity index (χ4v) is 3.35. The van der Waals surface area contributed by atoms with Crippen LogP contribution in [0.4, 0.5) is 0 Å². The van der Waals surface area contributed by atoms with Crippen LogP contribution in [0, 0.1) is 5.41 Å². The van der Waals surface area contributed by atoms with Gasteiger partial charge in [-0.05, 0) is 18.4 Å². The average molecular weight is 321 g/mol. The number of aromatic nitrogens is 2. The van der Waals surface area contributed by atoms with E-state index in [0.717, 1.165) is 18.4 Å². The SMILES string of the molecule is O=S(=O)(NCC1(CO)CC1)c1cnn(Cc2ccccc2)c1. The fourth-order valence-electron chi connectivity index (χ4n) is 2.24. The van der Waals surface area contributed by atoms with Gasteiger partial charge in [0, 0.05) is 24.8 Å². The molecular formula is C15H19N3O3S. The Hall–Kier alpha value is -1.70. The summed E-state index contributed by atoms with van der Waals surface area (Å²) in [6.07, 6.45) is 4.59. The monoisotopic (exact) mass is 321 g/mol. The van der Waals surface area contributed by atoms with E-state index >= 15 is 0 Å². The lowest BCUT2D eigenvalue weighted by atomic mass is 10.1. The standard InChI is InChI=1S/C15H19N3O3S/c19-12-15(6-7-15)11-17-22(20,21)14-8-16-18(10-14)9-13-4-2-1-3-5-13/h1-5,8,10,17,19H,6-7,9,11-12H2. The van der Waals surface area contributed by atoms with Gasteiger partial charge >= 0.3 is 0 Å². The number of hydrogen-bond donors (Lipinski definition) is 2. The number of nitrogens with one attached hydrogen (secondary N) is 1. The van der Waals surface area contributed by atoms with E-state index in [0.29, 0.717) is 6.54 Å². The Labute approximate surface area is 129 Å². The lowest BCUT2D eigenvalue weighted by Gasteiger charge is -2.12. The predicted octanol–water partition coefficient (Wildman–Crippen LogP) is 0.982. The Morgan fingerprint density at radius 2 is 2.00 bits per heavy atom. The first-order valence-corrected chi connectivity index (χ1v) is 8.68. The summed E-state index contributed by atoms with van der Waals surface area (Å²) in [5.41, 5.74) is 0.798. The van der Waals surface area contributed by atoms with Crippen molar-refractivity contribution in [2.75, 3.05) is 13.2 Å². The van der Waals surface area contributed by atoms with E-state index in [1.165, 1.54) is 12.4 Å². The molecular weight excluding hydrogens is 302 g/mol. The maximum absolute atomic E-state index is 12.2. The number of aliphatic hydroxyl groups excluding tert-OH is 1. The van der Waals surface area contributed by atoms with Crippen LogP contribution in [0.2, 0.25) is 0 Å². The quantitative estimate of drug-likeness (QED) is 0.796. The summed E-state index contributed by atoms with van der Waals surface area (Å²) in [6.45, 7) is 0.815. The highest BCUT2D eigenvalue weighted by atomic mass is 32.2. The molecule has 7 heteroatoms. The van der Waals surface area contributed by atoms with Crippen LogP contribution in [0.25, 0.3) is 0 Å². The highest BCUT2D eigenvalue weighted by Crippen LogP contribution is 2.44. The van der Waals surface area contributed by atoms with Crippen LogP contribution in [0.15, 0.2) is 47.6 Å². The molecule has 1 aliphatic carbocycles. The molecule has 0 aliphatic heterocycles. The molecule has 1 aliphatic rings. The van der Waals surface area contributed by atoms with E-state index in [9.17, 15) is 13.5 Å². The van der Waals surface area contributed by atoms with Gasteiger partial charge in [-0.15, -0.1) is 0 Å². The molecule has 0 radical (unpaired) electrons. The number of aliphatic hydroxyl groups is 1. The molecule has 0 spiro atoms. The molecule has 0 bridgehead atoms. The van der Waals surface area contributed by atoms with Crippen molar-refractivity contribution in [1.82, 2.24) is 14.5 Å². The summed E-state index contributed by atoms with van der Waals surface area (Å²) >= 11 is 0. The Balaban J connectivity index is 1.67. The van der Waals surface area contributed by atoms with Crippen LogP contribution < -0.4 is 4.72 Å². The Morgan fingerprint density at radius 1 is 1.27 bits per heavy atom. The molecule has 0 unspecified atom stereocenters. The van der Waals surface area contributed by atoms with Crippen LogP contribution in [0.5, 0.6) is 0 Å². The van der Waals surface area contributed by atoms with E-state index in [4.69, 9.17) is 0 Å². The molecule has 2 aromatic rings. The van der Waals surface area contributed by atoms with Gasteiger partial charge in [-0.3, -0.25) is 4.68 Å². The largest absolute Gasteiger partial charge is 0.396 e. The van der Waals surface area contributed by atoms with Crippen molar-refractivity contribution in [3.8, 4) is 0 Å². The molecule has 1 fully saturated rings. The van der Waals surface area contributed by atoms with Crippen molar-refractivity contribution in [1.29, 1.82) is 0 Å². The molecule has 1 aromatic carbocycles. The second-order valence-electron chi connectivity index (χ2n) is 5.84. The van der Waals surface area contributed by atoms with E-state index in [2.05, 4.69) is 9.82 Å². The zero-order chi connectivity index (χ0) is 15.6. The molecule has 118 valence electrons. The number of benzene rings is 1. The first-order valence-electron chi connectivity index (χ1n) is 7.20. The minimum atomic E-state index is -3.58. The summed E-state index contributed by atoms with van der Waals surface area (Å²) in [5.74, 6) is 0. The van der Waals surface area contributed by atoms with Crippen molar-refractivity contribution in [2.45, 2.75) is 24.3 Å². The first kappa shape index (κ1) is 15.2. The Kier molecular flexibility index (Phi) is 4.03. The lowest BCUT2D eigenvalue weighted by molar-refractivity contribution is 0.213. The number of nitrogens with zero attached hydrogens (tertiary/aromatic N) is 2. The molecule has 1 heterocycles. The lowest BCUT2D eigenvalue weighted by Crippen LogP contribution is -2.31. The van der Waals surface area contributed by atoms with Gasteiger partial charge in [0.15, 0.2) is 0 Å². The Morgan fingerprint density at radius 3 is 2.64 bits per heavy atom. The van der Waals surface area contributed by atoms with Gasteiger partial charge < -0.3 is 5.11 Å².